The minimum Gasteiger partial charge on any atom is -0.512 e. The SMILES string of the molecule is CC(=O)/C=C(/C)O.Cc1cccc(C)c1-c1cc2cc(-c3[c-]cccc3)ncc2o1.[Ir]. The zero-order valence-corrected chi connectivity index (χ0v) is 20.3. The number of allylic oxidation sites excluding steroid dienone is 2. The van der Waals surface area contributed by atoms with Gasteiger partial charge in [-0.25, -0.2) is 0 Å². The molecule has 4 aromatic rings. The maximum absolute atomic E-state index is 10.0. The number of fused-ring (bicyclic) bond motifs is 1. The fraction of sp³-hybridized carbons (Fsp3) is 0.154. The van der Waals surface area contributed by atoms with Crippen molar-refractivity contribution in [3.05, 3.63) is 89.8 Å². The molecule has 0 saturated carbocycles. The van der Waals surface area contributed by atoms with E-state index in [9.17, 15) is 4.79 Å². The first-order valence-electron chi connectivity index (χ1n) is 9.66. The van der Waals surface area contributed by atoms with Gasteiger partial charge in [-0.05, 0) is 50.6 Å². The first kappa shape index (κ1) is 24.3. The van der Waals surface area contributed by atoms with Crippen molar-refractivity contribution in [2.24, 2.45) is 0 Å². The number of carbonyl (C=O) groups is 1. The fourth-order valence-electron chi connectivity index (χ4n) is 3.27. The Labute approximate surface area is 196 Å². The van der Waals surface area contributed by atoms with Gasteiger partial charge in [-0.1, -0.05) is 24.3 Å². The molecule has 0 aliphatic rings. The summed E-state index contributed by atoms with van der Waals surface area (Å²) in [5.41, 5.74) is 6.30. The Kier molecular flexibility index (Phi) is 8.49. The van der Waals surface area contributed by atoms with Crippen LogP contribution in [0, 0.1) is 19.9 Å². The Hall–Kier alpha value is -3.01. The molecule has 0 spiro atoms. The molecule has 0 aliphatic carbocycles. The van der Waals surface area contributed by atoms with Crippen molar-refractivity contribution >= 4 is 16.8 Å². The molecule has 161 valence electrons. The largest absolute Gasteiger partial charge is 0.512 e. The van der Waals surface area contributed by atoms with Gasteiger partial charge < -0.3 is 14.5 Å². The third-order valence-electron chi connectivity index (χ3n) is 4.53. The van der Waals surface area contributed by atoms with Crippen molar-refractivity contribution in [3.8, 4) is 22.6 Å². The van der Waals surface area contributed by atoms with Crippen molar-refractivity contribution in [1.29, 1.82) is 0 Å². The van der Waals surface area contributed by atoms with Gasteiger partial charge >= 0.3 is 0 Å². The number of pyridine rings is 1. The number of aliphatic hydroxyl groups is 1. The van der Waals surface area contributed by atoms with E-state index in [0.717, 1.165) is 33.6 Å². The summed E-state index contributed by atoms with van der Waals surface area (Å²) in [6.07, 6.45) is 2.96. The number of aliphatic hydroxyl groups excluding tert-OH is 1. The Balaban J connectivity index is 0.000000373. The maximum atomic E-state index is 10.0. The summed E-state index contributed by atoms with van der Waals surface area (Å²) in [7, 11) is 0. The number of furan rings is 1. The van der Waals surface area contributed by atoms with Crippen LogP contribution in [0.1, 0.15) is 25.0 Å². The molecule has 5 heteroatoms. The number of nitrogens with zero attached hydrogens (tertiary/aromatic N) is 1. The first-order chi connectivity index (χ1) is 14.3. The number of benzene rings is 2. The quantitative estimate of drug-likeness (QED) is 0.166. The number of rotatable bonds is 3. The Morgan fingerprint density at radius 1 is 1.06 bits per heavy atom. The van der Waals surface area contributed by atoms with Crippen molar-refractivity contribution in [2.45, 2.75) is 27.7 Å². The maximum Gasteiger partial charge on any atom is 0.155 e. The number of aryl methyl sites for hydroxylation is 2. The van der Waals surface area contributed by atoms with Crippen LogP contribution in [0.5, 0.6) is 0 Å². The minimum atomic E-state index is -0.125. The molecular formula is C26H24IrNO3-. The standard InChI is InChI=1S/C21H16NO.C5H8O2.Ir/c1-14-7-6-8-15(2)21(14)19-12-17-11-18(22-13-20(17)23-19)16-9-4-3-5-10-16;1-4(6)3-5(2)7;/h3-9,11-13H,1-2H3;3,6H,1-2H3;/q-1;;/b;4-3-;. The van der Waals surface area contributed by atoms with E-state index >= 15 is 0 Å². The second kappa shape index (κ2) is 10.9. The summed E-state index contributed by atoms with van der Waals surface area (Å²) in [6, 6.07) is 21.5. The van der Waals surface area contributed by atoms with Crippen molar-refractivity contribution in [2.75, 3.05) is 0 Å². The third kappa shape index (κ3) is 6.24. The molecule has 4 nitrogen and oxygen atoms in total. The summed E-state index contributed by atoms with van der Waals surface area (Å²) in [4.78, 5) is 14.5. The number of hydrogen-bond acceptors (Lipinski definition) is 4. The van der Waals surface area contributed by atoms with Gasteiger partial charge in [0.2, 0.25) is 0 Å². The molecule has 2 heterocycles. The Morgan fingerprint density at radius 2 is 1.77 bits per heavy atom. The molecular weight excluding hydrogens is 567 g/mol. The van der Waals surface area contributed by atoms with E-state index in [1.54, 1.807) is 6.20 Å². The summed E-state index contributed by atoms with van der Waals surface area (Å²) >= 11 is 0. The second-order valence-corrected chi connectivity index (χ2v) is 7.16. The first-order valence-corrected chi connectivity index (χ1v) is 9.66. The molecule has 1 N–H and O–H groups in total. The van der Waals surface area contributed by atoms with Crippen LogP contribution in [0.25, 0.3) is 33.6 Å². The van der Waals surface area contributed by atoms with Gasteiger partial charge in [0, 0.05) is 37.1 Å². The van der Waals surface area contributed by atoms with Crippen molar-refractivity contribution in [1.82, 2.24) is 4.98 Å². The van der Waals surface area contributed by atoms with E-state index in [4.69, 9.17) is 9.52 Å². The molecule has 2 aromatic heterocycles. The van der Waals surface area contributed by atoms with E-state index in [0.29, 0.717) is 0 Å². The predicted octanol–water partition coefficient (Wildman–Crippen LogP) is 6.61. The normalized spacial score (nSPS) is 10.8. The van der Waals surface area contributed by atoms with Crippen molar-refractivity contribution < 1.29 is 34.4 Å². The average Bonchev–Trinajstić information content (AvgIpc) is 3.10. The van der Waals surface area contributed by atoms with Crippen molar-refractivity contribution in [3.63, 3.8) is 0 Å². The summed E-state index contributed by atoms with van der Waals surface area (Å²) in [5.74, 6) is 0.832. The Bertz CT molecular complexity index is 1190. The number of hydrogen-bond donors (Lipinski definition) is 1. The van der Waals surface area contributed by atoms with Gasteiger partial charge in [0.15, 0.2) is 11.4 Å². The molecule has 2 aromatic carbocycles. The van der Waals surface area contributed by atoms with Crippen LogP contribution in [0.15, 0.2) is 77.0 Å². The van der Waals surface area contributed by atoms with Crippen LogP contribution in [-0.4, -0.2) is 15.9 Å². The van der Waals surface area contributed by atoms with Crippen LogP contribution in [-0.2, 0) is 24.9 Å². The molecule has 0 atom stereocenters. The molecule has 0 bridgehead atoms. The van der Waals surface area contributed by atoms with Crippen LogP contribution in [0.4, 0.5) is 0 Å². The van der Waals surface area contributed by atoms with Gasteiger partial charge in [0.1, 0.15) is 5.76 Å². The fourth-order valence-corrected chi connectivity index (χ4v) is 3.27. The third-order valence-corrected chi connectivity index (χ3v) is 4.53. The van der Waals surface area contributed by atoms with Gasteiger partial charge in [-0.3, -0.25) is 4.79 Å². The molecule has 0 saturated heterocycles. The molecule has 0 aliphatic heterocycles. The van der Waals surface area contributed by atoms with Crippen LogP contribution in [0.2, 0.25) is 0 Å². The molecule has 0 amide bonds. The van der Waals surface area contributed by atoms with Gasteiger partial charge in [0.05, 0.1) is 12.0 Å². The van der Waals surface area contributed by atoms with E-state index < -0.39 is 0 Å². The van der Waals surface area contributed by atoms with Gasteiger partial charge in [-0.2, -0.15) is 0 Å². The number of carbonyl (C=O) groups excluding carboxylic acids is 1. The molecule has 0 unspecified atom stereocenters. The Morgan fingerprint density at radius 3 is 2.32 bits per heavy atom. The second-order valence-electron chi connectivity index (χ2n) is 7.16. The summed E-state index contributed by atoms with van der Waals surface area (Å²) < 4.78 is 6.03. The van der Waals surface area contributed by atoms with Crippen LogP contribution in [0.3, 0.4) is 0 Å². The van der Waals surface area contributed by atoms with E-state index in [2.05, 4.69) is 55.2 Å². The zero-order valence-electron chi connectivity index (χ0n) is 17.9. The average molecular weight is 591 g/mol. The van der Waals surface area contributed by atoms with Crippen LogP contribution < -0.4 is 0 Å². The topological polar surface area (TPSA) is 63.3 Å². The molecule has 31 heavy (non-hydrogen) atoms. The monoisotopic (exact) mass is 591 g/mol. The van der Waals surface area contributed by atoms with E-state index in [1.807, 2.05) is 24.3 Å². The minimum absolute atomic E-state index is 0. The van der Waals surface area contributed by atoms with Gasteiger partial charge in [0.25, 0.3) is 0 Å². The van der Waals surface area contributed by atoms with Gasteiger partial charge in [-0.15, -0.1) is 35.9 Å². The molecule has 1 radical (unpaired) electrons. The predicted molar refractivity (Wildman–Crippen MR) is 120 cm³/mol. The molecule has 4 rings (SSSR count). The van der Waals surface area contributed by atoms with Crippen LogP contribution >= 0.6 is 0 Å². The van der Waals surface area contributed by atoms with E-state index in [-0.39, 0.29) is 31.6 Å². The smallest absolute Gasteiger partial charge is 0.155 e. The van der Waals surface area contributed by atoms with E-state index in [1.165, 1.54) is 31.1 Å². The summed E-state index contributed by atoms with van der Waals surface area (Å²) in [5, 5.41) is 9.42. The number of ketones is 1. The number of aromatic nitrogens is 1. The molecule has 0 fully saturated rings. The zero-order chi connectivity index (χ0) is 21.7. The summed E-state index contributed by atoms with van der Waals surface area (Å²) in [6.45, 7) is 7.07.